The highest BCUT2D eigenvalue weighted by molar-refractivity contribution is 7.89. The average Bonchev–Trinajstić information content (AvgIpc) is 3.26. The third-order valence-corrected chi connectivity index (χ3v) is 7.31. The van der Waals surface area contributed by atoms with Crippen LogP contribution in [0.15, 0.2) is 59.5 Å². The molecule has 1 amide bonds. The zero-order valence-corrected chi connectivity index (χ0v) is 16.0. The van der Waals surface area contributed by atoms with E-state index >= 15 is 0 Å². The Kier molecular flexibility index (Phi) is 4.44. The van der Waals surface area contributed by atoms with Crippen LogP contribution in [0.1, 0.15) is 12.8 Å². The largest absolute Gasteiger partial charge is 0.497 e. The Morgan fingerprint density at radius 1 is 1.04 bits per heavy atom. The fourth-order valence-corrected chi connectivity index (χ4v) is 5.61. The van der Waals surface area contributed by atoms with E-state index in [2.05, 4.69) is 0 Å². The first kappa shape index (κ1) is 18.0. The third-order valence-electron chi connectivity index (χ3n) is 5.47. The number of ether oxygens (including phenoxy) is 1. The predicted octanol–water partition coefficient (Wildman–Crippen LogP) is 2.51. The Morgan fingerprint density at radius 2 is 1.81 bits per heavy atom. The fraction of sp³-hybridized carbons (Fsp3) is 0.350. The molecule has 27 heavy (non-hydrogen) atoms. The van der Waals surface area contributed by atoms with Gasteiger partial charge >= 0.3 is 0 Å². The number of benzene rings is 2. The Labute approximate surface area is 159 Å². The Hall–Kier alpha value is -2.38. The summed E-state index contributed by atoms with van der Waals surface area (Å²) in [4.78, 5) is 14.6. The monoisotopic (exact) mass is 386 g/mol. The van der Waals surface area contributed by atoms with Gasteiger partial charge in [-0.15, -0.1) is 0 Å². The van der Waals surface area contributed by atoms with E-state index in [1.54, 1.807) is 23.1 Å². The minimum Gasteiger partial charge on any atom is -0.497 e. The summed E-state index contributed by atoms with van der Waals surface area (Å²) in [5.41, 5.74) is 0.548. The van der Waals surface area contributed by atoms with Gasteiger partial charge in [0.2, 0.25) is 15.9 Å². The number of para-hydroxylation sites is 1. The molecule has 1 unspecified atom stereocenters. The summed E-state index contributed by atoms with van der Waals surface area (Å²) < 4.78 is 32.7. The number of amides is 1. The number of hydrogen-bond acceptors (Lipinski definition) is 4. The molecule has 0 aromatic heterocycles. The summed E-state index contributed by atoms with van der Waals surface area (Å²) in [5.74, 6) is 0.568. The van der Waals surface area contributed by atoms with Crippen molar-refractivity contribution < 1.29 is 17.9 Å². The first-order chi connectivity index (χ1) is 12.9. The van der Waals surface area contributed by atoms with E-state index in [1.807, 2.05) is 30.3 Å². The van der Waals surface area contributed by atoms with Crippen LogP contribution >= 0.6 is 0 Å². The van der Waals surface area contributed by atoms with Crippen LogP contribution in [0.3, 0.4) is 0 Å². The lowest BCUT2D eigenvalue weighted by Gasteiger charge is -2.24. The number of carbonyl (C=O) groups excluding carboxylic acids is 1. The number of nitrogens with zero attached hydrogens (tertiary/aromatic N) is 2. The minimum absolute atomic E-state index is 0.0572. The van der Waals surface area contributed by atoms with Gasteiger partial charge in [-0.2, -0.15) is 4.31 Å². The van der Waals surface area contributed by atoms with E-state index in [0.29, 0.717) is 38.2 Å². The molecule has 2 aliphatic rings. The van der Waals surface area contributed by atoms with Crippen LogP contribution in [0.2, 0.25) is 0 Å². The lowest BCUT2D eigenvalue weighted by molar-refractivity contribution is -0.117. The van der Waals surface area contributed by atoms with Crippen LogP contribution < -0.4 is 9.64 Å². The summed E-state index contributed by atoms with van der Waals surface area (Å²) in [5, 5.41) is 0. The normalized spacial score (nSPS) is 23.3. The Morgan fingerprint density at radius 3 is 2.56 bits per heavy atom. The highest BCUT2D eigenvalue weighted by Gasteiger charge is 2.50. The molecule has 2 fully saturated rings. The van der Waals surface area contributed by atoms with Gasteiger partial charge in [0.15, 0.2) is 0 Å². The van der Waals surface area contributed by atoms with Crippen molar-refractivity contribution >= 4 is 21.6 Å². The second-order valence-electron chi connectivity index (χ2n) is 7.26. The van der Waals surface area contributed by atoms with Crippen LogP contribution in [-0.4, -0.2) is 45.4 Å². The molecule has 0 aliphatic carbocycles. The summed E-state index contributed by atoms with van der Waals surface area (Å²) in [6.07, 6.45) is 1.07. The second kappa shape index (κ2) is 6.65. The van der Waals surface area contributed by atoms with Crippen molar-refractivity contribution in [1.29, 1.82) is 0 Å². The molecule has 0 N–H and O–H groups in total. The maximum Gasteiger partial charge on any atom is 0.243 e. The third kappa shape index (κ3) is 3.21. The topological polar surface area (TPSA) is 66.9 Å². The van der Waals surface area contributed by atoms with Crippen molar-refractivity contribution in [2.24, 2.45) is 5.41 Å². The van der Waals surface area contributed by atoms with Crippen molar-refractivity contribution in [3.8, 4) is 5.75 Å². The molecule has 0 bridgehead atoms. The minimum atomic E-state index is -3.61. The van der Waals surface area contributed by atoms with Gasteiger partial charge in [0.25, 0.3) is 0 Å². The van der Waals surface area contributed by atoms with Crippen molar-refractivity contribution in [2.75, 3.05) is 31.6 Å². The maximum atomic E-state index is 13.0. The smallest absolute Gasteiger partial charge is 0.243 e. The van der Waals surface area contributed by atoms with Gasteiger partial charge in [0.05, 0.1) is 12.0 Å². The van der Waals surface area contributed by atoms with E-state index in [1.165, 1.54) is 17.5 Å². The lowest BCUT2D eigenvalue weighted by Crippen LogP contribution is -2.34. The SMILES string of the molecule is COc1cccc(S(=O)(=O)N2CCC3(CC(=O)N(c4ccccc4)C3)C2)c1. The fourth-order valence-electron chi connectivity index (χ4n) is 4.02. The zero-order valence-electron chi connectivity index (χ0n) is 15.2. The van der Waals surface area contributed by atoms with Gasteiger partial charge in [-0.3, -0.25) is 4.79 Å². The predicted molar refractivity (Wildman–Crippen MR) is 102 cm³/mol. The Bertz CT molecular complexity index is 961. The number of methoxy groups -OCH3 is 1. The van der Waals surface area contributed by atoms with Gasteiger partial charge < -0.3 is 9.64 Å². The molecular weight excluding hydrogens is 364 g/mol. The first-order valence-corrected chi connectivity index (χ1v) is 10.4. The molecule has 4 rings (SSSR count). The zero-order chi connectivity index (χ0) is 19.1. The lowest BCUT2D eigenvalue weighted by atomic mass is 9.86. The average molecular weight is 386 g/mol. The van der Waals surface area contributed by atoms with Crippen molar-refractivity contribution in [3.63, 3.8) is 0 Å². The molecule has 2 aromatic rings. The van der Waals surface area contributed by atoms with Crippen molar-refractivity contribution in [3.05, 3.63) is 54.6 Å². The number of anilines is 1. The summed E-state index contributed by atoms with van der Waals surface area (Å²) in [6.45, 7) is 1.34. The molecule has 2 heterocycles. The molecule has 2 aromatic carbocycles. The summed E-state index contributed by atoms with van der Waals surface area (Å²) in [6, 6.07) is 16.1. The molecule has 2 saturated heterocycles. The highest BCUT2D eigenvalue weighted by Crippen LogP contribution is 2.43. The number of carbonyl (C=O) groups is 1. The summed E-state index contributed by atoms with van der Waals surface area (Å²) >= 11 is 0. The van der Waals surface area contributed by atoms with Crippen LogP contribution in [0.4, 0.5) is 5.69 Å². The van der Waals surface area contributed by atoms with Gasteiger partial charge in [-0.05, 0) is 30.7 Å². The van der Waals surface area contributed by atoms with Gasteiger partial charge in [-0.25, -0.2) is 8.42 Å². The molecule has 142 valence electrons. The maximum absolute atomic E-state index is 13.0. The summed E-state index contributed by atoms with van der Waals surface area (Å²) in [7, 11) is -2.10. The highest BCUT2D eigenvalue weighted by atomic mass is 32.2. The van der Waals surface area contributed by atoms with E-state index in [9.17, 15) is 13.2 Å². The Balaban J connectivity index is 1.55. The molecule has 0 radical (unpaired) electrons. The first-order valence-electron chi connectivity index (χ1n) is 8.93. The van der Waals surface area contributed by atoms with Crippen LogP contribution in [-0.2, 0) is 14.8 Å². The molecule has 7 heteroatoms. The number of rotatable bonds is 4. The number of sulfonamides is 1. The molecule has 1 spiro atoms. The molecule has 2 aliphatic heterocycles. The van der Waals surface area contributed by atoms with Gasteiger partial charge in [-0.1, -0.05) is 24.3 Å². The van der Waals surface area contributed by atoms with Crippen LogP contribution in [0, 0.1) is 5.41 Å². The van der Waals surface area contributed by atoms with Crippen LogP contribution in [0.5, 0.6) is 5.75 Å². The van der Waals surface area contributed by atoms with E-state index in [-0.39, 0.29) is 16.2 Å². The standard InChI is InChI=1S/C20H22N2O4S/c1-26-17-8-5-9-18(12-17)27(24,25)21-11-10-20(14-21)13-19(23)22(15-20)16-6-3-2-4-7-16/h2-9,12H,10-11,13-15H2,1H3. The second-order valence-corrected chi connectivity index (χ2v) is 9.20. The number of hydrogen-bond donors (Lipinski definition) is 0. The van der Waals surface area contributed by atoms with E-state index in [4.69, 9.17) is 4.74 Å². The quantitative estimate of drug-likeness (QED) is 0.810. The van der Waals surface area contributed by atoms with Crippen molar-refractivity contribution in [1.82, 2.24) is 4.31 Å². The van der Waals surface area contributed by atoms with E-state index in [0.717, 1.165) is 5.69 Å². The van der Waals surface area contributed by atoms with Crippen molar-refractivity contribution in [2.45, 2.75) is 17.7 Å². The van der Waals surface area contributed by atoms with Crippen LogP contribution in [0.25, 0.3) is 0 Å². The van der Waals surface area contributed by atoms with E-state index < -0.39 is 10.0 Å². The molecular formula is C20H22N2O4S. The molecule has 6 nitrogen and oxygen atoms in total. The van der Waals surface area contributed by atoms with Gasteiger partial charge in [0, 0.05) is 43.2 Å². The van der Waals surface area contributed by atoms with Gasteiger partial charge in [0.1, 0.15) is 5.75 Å². The molecule has 1 atom stereocenters. The molecule has 0 saturated carbocycles.